The topological polar surface area (TPSA) is 42.9 Å². The minimum absolute atomic E-state index is 0.129. The zero-order chi connectivity index (χ0) is 14.3. The van der Waals surface area contributed by atoms with E-state index in [1.165, 1.54) is 22.7 Å². The fourth-order valence-corrected chi connectivity index (χ4v) is 3.55. The summed E-state index contributed by atoms with van der Waals surface area (Å²) in [4.78, 5) is 13.3. The lowest BCUT2D eigenvalue weighted by atomic mass is 9.74. The Balaban J connectivity index is 1.78. The Morgan fingerprint density at radius 2 is 2.10 bits per heavy atom. The highest BCUT2D eigenvalue weighted by Gasteiger charge is 2.31. The lowest BCUT2D eigenvalue weighted by molar-refractivity contribution is 0.0972. The van der Waals surface area contributed by atoms with Crippen LogP contribution in [-0.4, -0.2) is 15.4 Å². The van der Waals surface area contributed by atoms with E-state index in [1.807, 2.05) is 6.07 Å². The predicted octanol–water partition coefficient (Wildman–Crippen LogP) is 3.75. The zero-order valence-electron chi connectivity index (χ0n) is 12.0. The van der Waals surface area contributed by atoms with Gasteiger partial charge in [-0.1, -0.05) is 49.5 Å². The van der Waals surface area contributed by atoms with Crippen LogP contribution in [0.3, 0.4) is 0 Å². The fourth-order valence-electron chi connectivity index (χ4n) is 2.73. The Morgan fingerprint density at radius 1 is 1.35 bits per heavy atom. The van der Waals surface area contributed by atoms with Crippen LogP contribution in [0.5, 0.6) is 0 Å². The van der Waals surface area contributed by atoms with E-state index < -0.39 is 0 Å². The summed E-state index contributed by atoms with van der Waals surface area (Å²) < 4.78 is 3.98. The third kappa shape index (κ3) is 2.29. The summed E-state index contributed by atoms with van der Waals surface area (Å²) in [6, 6.07) is 8.38. The van der Waals surface area contributed by atoms with Crippen LogP contribution in [0.25, 0.3) is 0 Å². The molecule has 1 aromatic carbocycles. The van der Waals surface area contributed by atoms with Gasteiger partial charge in [0, 0.05) is 11.8 Å². The van der Waals surface area contributed by atoms with Crippen molar-refractivity contribution < 1.29 is 4.79 Å². The molecule has 0 radical (unpaired) electrons. The molecule has 0 saturated heterocycles. The van der Waals surface area contributed by atoms with Gasteiger partial charge in [0.2, 0.25) is 0 Å². The van der Waals surface area contributed by atoms with Gasteiger partial charge in [0.1, 0.15) is 4.88 Å². The number of fused-ring (bicyclic) bond motifs is 1. The van der Waals surface area contributed by atoms with Crippen LogP contribution in [-0.2, 0) is 11.8 Å². The molecule has 3 nitrogen and oxygen atoms in total. The Hall–Kier alpha value is -1.55. The first kappa shape index (κ1) is 13.4. The molecule has 1 heterocycles. The van der Waals surface area contributed by atoms with Gasteiger partial charge in [-0.05, 0) is 35.0 Å². The van der Waals surface area contributed by atoms with E-state index in [2.05, 4.69) is 48.6 Å². The van der Waals surface area contributed by atoms with Crippen LogP contribution in [0.15, 0.2) is 24.3 Å². The van der Waals surface area contributed by atoms with Crippen molar-refractivity contribution in [2.24, 2.45) is 0 Å². The van der Waals surface area contributed by atoms with E-state index in [1.54, 1.807) is 0 Å². The number of Topliss-reactive ketones (excluding diaryl/α,β-unsaturated/α-hetero) is 1. The van der Waals surface area contributed by atoms with Gasteiger partial charge in [0.25, 0.3) is 0 Å². The summed E-state index contributed by atoms with van der Waals surface area (Å²) in [5, 5.41) is 4.15. The highest BCUT2D eigenvalue weighted by Crippen LogP contribution is 2.39. The van der Waals surface area contributed by atoms with Crippen molar-refractivity contribution in [2.45, 2.75) is 44.9 Å². The van der Waals surface area contributed by atoms with Crippen molar-refractivity contribution in [3.8, 4) is 0 Å². The van der Waals surface area contributed by atoms with Gasteiger partial charge in [-0.3, -0.25) is 4.79 Å². The minimum Gasteiger partial charge on any atom is -0.293 e. The van der Waals surface area contributed by atoms with Crippen LogP contribution in [0.2, 0.25) is 0 Å². The van der Waals surface area contributed by atoms with Crippen LogP contribution in [0.4, 0.5) is 0 Å². The molecule has 4 heteroatoms. The summed E-state index contributed by atoms with van der Waals surface area (Å²) in [6.07, 6.45) is 1.59. The Morgan fingerprint density at radius 3 is 2.80 bits per heavy atom. The maximum atomic E-state index is 12.5. The monoisotopic (exact) mass is 286 g/mol. The van der Waals surface area contributed by atoms with E-state index in [0.29, 0.717) is 12.3 Å². The fraction of sp³-hybridized carbons (Fsp3) is 0.438. The lowest BCUT2D eigenvalue weighted by Crippen LogP contribution is -2.22. The van der Waals surface area contributed by atoms with Crippen LogP contribution in [0.1, 0.15) is 59.6 Å². The molecule has 0 saturated carbocycles. The third-order valence-electron chi connectivity index (χ3n) is 3.84. The second kappa shape index (κ2) is 4.77. The van der Waals surface area contributed by atoms with Crippen molar-refractivity contribution in [3.63, 3.8) is 0 Å². The molecule has 0 amide bonds. The zero-order valence-corrected chi connectivity index (χ0v) is 12.8. The molecule has 0 spiro atoms. The van der Waals surface area contributed by atoms with Crippen molar-refractivity contribution in [1.82, 2.24) is 9.59 Å². The lowest BCUT2D eigenvalue weighted by Gasteiger charge is -2.29. The number of carbonyl (C=O) groups is 1. The quantitative estimate of drug-likeness (QED) is 0.807. The second-order valence-electron chi connectivity index (χ2n) is 6.43. The number of nitrogens with zero attached hydrogens (tertiary/aromatic N) is 2. The van der Waals surface area contributed by atoms with Crippen LogP contribution in [0, 0.1) is 0 Å². The van der Waals surface area contributed by atoms with E-state index >= 15 is 0 Å². The summed E-state index contributed by atoms with van der Waals surface area (Å²) in [7, 11) is 0. The van der Waals surface area contributed by atoms with E-state index in [0.717, 1.165) is 17.0 Å². The van der Waals surface area contributed by atoms with Gasteiger partial charge in [-0.2, -0.15) is 0 Å². The molecule has 1 atom stereocenters. The molecule has 1 aliphatic rings. The third-order valence-corrected chi connectivity index (χ3v) is 4.61. The summed E-state index contributed by atoms with van der Waals surface area (Å²) >= 11 is 1.23. The first-order chi connectivity index (χ1) is 9.47. The number of hydrogen-bond donors (Lipinski definition) is 0. The average Bonchev–Trinajstić information content (AvgIpc) is 2.85. The van der Waals surface area contributed by atoms with Gasteiger partial charge in [-0.25, -0.2) is 0 Å². The van der Waals surface area contributed by atoms with Crippen LogP contribution < -0.4 is 0 Å². The Labute approximate surface area is 123 Å². The van der Waals surface area contributed by atoms with Crippen LogP contribution >= 0.6 is 11.5 Å². The van der Waals surface area contributed by atoms with Gasteiger partial charge in [-0.15, -0.1) is 5.10 Å². The Bertz CT molecular complexity index is 654. The summed E-state index contributed by atoms with van der Waals surface area (Å²) in [5.74, 6) is 0.554. The Kier molecular flexibility index (Phi) is 3.21. The molecule has 2 aromatic rings. The number of rotatable bonds is 3. The first-order valence-electron chi connectivity index (χ1n) is 6.90. The first-order valence-corrected chi connectivity index (χ1v) is 7.68. The number of ketones is 1. The van der Waals surface area contributed by atoms with Crippen molar-refractivity contribution >= 4 is 17.3 Å². The largest absolute Gasteiger partial charge is 0.293 e. The van der Waals surface area contributed by atoms with Crippen molar-refractivity contribution in [3.05, 3.63) is 46.0 Å². The maximum Gasteiger partial charge on any atom is 0.176 e. The molecule has 0 bridgehead atoms. The van der Waals surface area contributed by atoms with E-state index in [-0.39, 0.29) is 11.2 Å². The predicted molar refractivity (Wildman–Crippen MR) is 80.4 cm³/mol. The maximum absolute atomic E-state index is 12.5. The van der Waals surface area contributed by atoms with Crippen molar-refractivity contribution in [1.29, 1.82) is 0 Å². The van der Waals surface area contributed by atoms with Gasteiger partial charge < -0.3 is 0 Å². The standard InChI is InChI=1S/C16H18N2OS/c1-16(2,3)15-14(20-18-17-15)13(19)9-11-8-10-6-4-5-7-12(10)11/h4-7,11H,8-9H2,1-3H3. The molecule has 1 aliphatic carbocycles. The number of benzene rings is 1. The normalized spacial score (nSPS) is 17.4. The smallest absolute Gasteiger partial charge is 0.176 e. The molecule has 104 valence electrons. The van der Waals surface area contributed by atoms with Gasteiger partial charge in [0.15, 0.2) is 5.78 Å². The molecule has 1 unspecified atom stereocenters. The molecule has 0 aliphatic heterocycles. The van der Waals surface area contributed by atoms with Gasteiger partial charge in [0.05, 0.1) is 5.69 Å². The molecule has 0 fully saturated rings. The molecule has 20 heavy (non-hydrogen) atoms. The van der Waals surface area contributed by atoms with E-state index in [9.17, 15) is 4.79 Å². The average molecular weight is 286 g/mol. The number of hydrogen-bond acceptors (Lipinski definition) is 4. The highest BCUT2D eigenvalue weighted by atomic mass is 32.1. The SMILES string of the molecule is CC(C)(C)c1nnsc1C(=O)CC1Cc2ccccc21. The summed E-state index contributed by atoms with van der Waals surface area (Å²) in [6.45, 7) is 6.21. The summed E-state index contributed by atoms with van der Waals surface area (Å²) in [5.41, 5.74) is 3.41. The molecular formula is C16H18N2OS. The van der Waals surface area contributed by atoms with Crippen molar-refractivity contribution in [2.75, 3.05) is 0 Å². The molecular weight excluding hydrogens is 268 g/mol. The number of aromatic nitrogens is 2. The van der Waals surface area contributed by atoms with E-state index in [4.69, 9.17) is 0 Å². The molecule has 0 N–H and O–H groups in total. The minimum atomic E-state index is -0.129. The van der Waals surface area contributed by atoms with Gasteiger partial charge >= 0.3 is 0 Å². The molecule has 3 rings (SSSR count). The highest BCUT2D eigenvalue weighted by molar-refractivity contribution is 7.08. The second-order valence-corrected chi connectivity index (χ2v) is 7.18. The number of carbonyl (C=O) groups excluding carboxylic acids is 1. The molecule has 1 aromatic heterocycles.